The van der Waals surface area contributed by atoms with Crippen LogP contribution in [0.3, 0.4) is 0 Å². The Kier molecular flexibility index (Phi) is 62.9. The highest BCUT2D eigenvalue weighted by Gasteiger charge is 2.25. The third kappa shape index (κ3) is 68.3. The number of aliphatic carboxylic acids is 1. The number of hydrogen-bond acceptors (Lipinski definition) is 7. The number of allylic oxidation sites excluding steroid dienone is 26. The van der Waals surface area contributed by atoms with Crippen LogP contribution in [0.25, 0.3) is 0 Å². The van der Waals surface area contributed by atoms with Crippen LogP contribution in [0.1, 0.15) is 258 Å². The van der Waals surface area contributed by atoms with Gasteiger partial charge >= 0.3 is 17.9 Å². The molecular formula is C78H128NO8+. The summed E-state index contributed by atoms with van der Waals surface area (Å²) in [4.78, 5) is 37.6. The lowest BCUT2D eigenvalue weighted by Crippen LogP contribution is -2.40. The van der Waals surface area contributed by atoms with Gasteiger partial charge in [-0.1, -0.05) is 287 Å². The predicted octanol–water partition coefficient (Wildman–Crippen LogP) is 21.7. The SMILES string of the molecule is CC/C=C\C/C=C\C/C=C\C/C=C\C/C=C\C/C=C\C/C=C\CCCC(=O)OC(COC(=O)CCCCCCCCCCCCCCCCCCCCCC/C=C\C/C=C\C/C=C\C/C=C\C/C=C\C/C=C\CC)COC(OCC[N+](C)(C)C)C(=O)O. The van der Waals surface area contributed by atoms with Crippen LogP contribution in [0, 0.1) is 0 Å². The standard InChI is InChI=1S/C78H127NO8/c1-6-8-10-12-14-16-18-20-22-24-26-28-30-31-32-33-34-35-36-37-38-39-40-41-42-43-44-45-47-48-50-52-54-56-58-60-62-64-66-68-75(80)85-72-74(73-86-78(77(82)83)84-71-70-79(3,4)5)87-76(81)69-67-65-63-61-59-57-55-53-51-49-46-29-27-25-23-21-19-17-15-13-11-9-7-2/h8-11,14-17,20-23,26-29,31-32,34-35,49,51,55,57,61,63,74,78H,6-7,12-13,18-19,24-25,30,33,36-48,50,52-54,56,58-60,62,64-73H2,1-5H3/p+1/b10-8-,11-9-,16-14-,17-15-,22-20-,23-21-,28-26-,29-27-,32-31-,35-34-,51-49-,57-55-,63-61-. The first-order chi connectivity index (χ1) is 42.6. The molecule has 0 spiro atoms. The first-order valence-electron chi connectivity index (χ1n) is 34.6. The van der Waals surface area contributed by atoms with Gasteiger partial charge in [0.05, 0.1) is 34.4 Å². The van der Waals surface area contributed by atoms with Crippen molar-refractivity contribution < 1.29 is 42.9 Å². The third-order valence-corrected chi connectivity index (χ3v) is 14.3. The van der Waals surface area contributed by atoms with E-state index in [1.807, 2.05) is 21.1 Å². The maximum Gasteiger partial charge on any atom is 0.361 e. The molecule has 0 saturated heterocycles. The van der Waals surface area contributed by atoms with Gasteiger partial charge in [0.25, 0.3) is 6.29 Å². The number of likely N-dealkylation sites (N-methyl/N-ethyl adjacent to an activating group) is 1. The van der Waals surface area contributed by atoms with Gasteiger partial charge in [0.15, 0.2) is 6.10 Å². The van der Waals surface area contributed by atoms with Crippen LogP contribution < -0.4 is 0 Å². The summed E-state index contributed by atoms with van der Waals surface area (Å²) >= 11 is 0. The number of carboxylic acids is 1. The second kappa shape index (κ2) is 66.9. The Morgan fingerprint density at radius 3 is 0.954 bits per heavy atom. The molecule has 2 unspecified atom stereocenters. The molecule has 0 aromatic heterocycles. The molecule has 0 bridgehead atoms. The van der Waals surface area contributed by atoms with Gasteiger partial charge < -0.3 is 28.5 Å². The zero-order chi connectivity index (χ0) is 63.3. The highest BCUT2D eigenvalue weighted by atomic mass is 16.7. The van der Waals surface area contributed by atoms with Gasteiger partial charge in [-0.25, -0.2) is 4.79 Å². The van der Waals surface area contributed by atoms with E-state index < -0.39 is 24.3 Å². The van der Waals surface area contributed by atoms with E-state index >= 15 is 0 Å². The number of unbranched alkanes of at least 4 members (excludes halogenated alkanes) is 21. The third-order valence-electron chi connectivity index (χ3n) is 14.3. The molecule has 2 atom stereocenters. The van der Waals surface area contributed by atoms with E-state index in [9.17, 15) is 19.5 Å². The van der Waals surface area contributed by atoms with Crippen molar-refractivity contribution in [3.05, 3.63) is 158 Å². The van der Waals surface area contributed by atoms with Gasteiger partial charge in [0.1, 0.15) is 13.2 Å². The zero-order valence-corrected chi connectivity index (χ0v) is 56.1. The normalized spacial score (nSPS) is 13.7. The zero-order valence-electron chi connectivity index (χ0n) is 56.1. The van der Waals surface area contributed by atoms with E-state index in [0.29, 0.717) is 23.9 Å². The number of carboxylic acid groups (broad SMARTS) is 1. The molecule has 0 aliphatic carbocycles. The first-order valence-corrected chi connectivity index (χ1v) is 34.6. The molecule has 9 heteroatoms. The van der Waals surface area contributed by atoms with Crippen molar-refractivity contribution in [3.63, 3.8) is 0 Å². The van der Waals surface area contributed by atoms with Crippen LogP contribution in [0.15, 0.2) is 158 Å². The number of nitrogens with zero attached hydrogens (tertiary/aromatic N) is 1. The van der Waals surface area contributed by atoms with E-state index in [4.69, 9.17) is 18.9 Å². The van der Waals surface area contributed by atoms with Crippen molar-refractivity contribution in [1.82, 2.24) is 0 Å². The van der Waals surface area contributed by atoms with Crippen molar-refractivity contribution in [1.29, 1.82) is 0 Å². The molecule has 0 fully saturated rings. The van der Waals surface area contributed by atoms with Crippen LogP contribution in [-0.2, 0) is 33.3 Å². The molecular weight excluding hydrogens is 1080 g/mol. The molecule has 0 aromatic carbocycles. The van der Waals surface area contributed by atoms with Crippen LogP contribution in [0.5, 0.6) is 0 Å². The second-order valence-corrected chi connectivity index (χ2v) is 23.7. The quantitative estimate of drug-likeness (QED) is 0.0211. The minimum Gasteiger partial charge on any atom is -0.477 e. The lowest BCUT2D eigenvalue weighted by molar-refractivity contribution is -0.870. The van der Waals surface area contributed by atoms with E-state index in [-0.39, 0.29) is 38.6 Å². The lowest BCUT2D eigenvalue weighted by Gasteiger charge is -2.25. The summed E-state index contributed by atoms with van der Waals surface area (Å²) in [7, 11) is 5.95. The molecule has 0 saturated carbocycles. The summed E-state index contributed by atoms with van der Waals surface area (Å²) in [6.45, 7) is 4.58. The first kappa shape index (κ1) is 81.9. The van der Waals surface area contributed by atoms with Gasteiger partial charge in [-0.3, -0.25) is 9.59 Å². The molecule has 1 N–H and O–H groups in total. The maximum absolute atomic E-state index is 12.9. The van der Waals surface area contributed by atoms with E-state index in [1.54, 1.807) is 0 Å². The molecule has 0 aliphatic rings. The minimum atomic E-state index is -1.53. The van der Waals surface area contributed by atoms with Gasteiger partial charge in [-0.2, -0.15) is 0 Å². The molecule has 0 aromatic rings. The molecule has 87 heavy (non-hydrogen) atoms. The molecule has 9 nitrogen and oxygen atoms in total. The highest BCUT2D eigenvalue weighted by molar-refractivity contribution is 5.71. The number of esters is 2. The number of hydrogen-bond donors (Lipinski definition) is 1. The highest BCUT2D eigenvalue weighted by Crippen LogP contribution is 2.16. The smallest absolute Gasteiger partial charge is 0.361 e. The van der Waals surface area contributed by atoms with Crippen molar-refractivity contribution in [2.75, 3.05) is 47.5 Å². The Hall–Kier alpha value is -5.09. The van der Waals surface area contributed by atoms with Gasteiger partial charge in [0, 0.05) is 12.8 Å². The monoisotopic (exact) mass is 1210 g/mol. The summed E-state index contributed by atoms with van der Waals surface area (Å²) in [6.07, 6.45) is 96.6. The molecule has 492 valence electrons. The Bertz CT molecular complexity index is 1990. The average Bonchev–Trinajstić information content (AvgIpc) is 3.50. The van der Waals surface area contributed by atoms with Crippen molar-refractivity contribution in [2.24, 2.45) is 0 Å². The molecule has 0 rings (SSSR count). The van der Waals surface area contributed by atoms with Crippen LogP contribution in [0.4, 0.5) is 0 Å². The summed E-state index contributed by atoms with van der Waals surface area (Å²) in [6, 6.07) is 0. The number of carbonyl (C=O) groups excluding carboxylic acids is 2. The molecule has 0 radical (unpaired) electrons. The summed E-state index contributed by atoms with van der Waals surface area (Å²) in [5.74, 6) is -2.09. The van der Waals surface area contributed by atoms with Gasteiger partial charge in [-0.05, 0) is 116 Å². The minimum absolute atomic E-state index is 0.170. The Labute approximate surface area is 534 Å². The topological polar surface area (TPSA) is 108 Å². The van der Waals surface area contributed by atoms with Crippen molar-refractivity contribution >= 4 is 17.9 Å². The van der Waals surface area contributed by atoms with Crippen LogP contribution in [-0.4, -0.2) is 87.4 Å². The summed E-state index contributed by atoms with van der Waals surface area (Å²) < 4.78 is 22.9. The van der Waals surface area contributed by atoms with Gasteiger partial charge in [-0.15, -0.1) is 0 Å². The fraction of sp³-hybridized carbons (Fsp3) is 0.628. The number of rotatable bonds is 62. The predicted molar refractivity (Wildman–Crippen MR) is 373 cm³/mol. The summed E-state index contributed by atoms with van der Waals surface area (Å²) in [5.41, 5.74) is 0. The van der Waals surface area contributed by atoms with Crippen LogP contribution >= 0.6 is 0 Å². The Balaban J connectivity index is 4.13. The number of quaternary nitrogens is 1. The van der Waals surface area contributed by atoms with Crippen LogP contribution in [0.2, 0.25) is 0 Å². The van der Waals surface area contributed by atoms with Crippen molar-refractivity contribution in [2.45, 2.75) is 270 Å². The van der Waals surface area contributed by atoms with E-state index in [1.165, 1.54) is 116 Å². The second-order valence-electron chi connectivity index (χ2n) is 23.7. The largest absolute Gasteiger partial charge is 0.477 e. The lowest BCUT2D eigenvalue weighted by atomic mass is 10.0. The Morgan fingerprint density at radius 1 is 0.345 bits per heavy atom. The molecule has 0 aliphatic heterocycles. The van der Waals surface area contributed by atoms with E-state index in [2.05, 4.69) is 172 Å². The number of carbonyl (C=O) groups is 3. The maximum atomic E-state index is 12.9. The fourth-order valence-electron chi connectivity index (χ4n) is 9.07. The van der Waals surface area contributed by atoms with Crippen molar-refractivity contribution in [3.8, 4) is 0 Å². The molecule has 0 heterocycles. The molecule has 0 amide bonds. The average molecular weight is 1210 g/mol. The van der Waals surface area contributed by atoms with E-state index in [0.717, 1.165) is 103 Å². The Morgan fingerprint density at radius 2 is 0.632 bits per heavy atom. The summed E-state index contributed by atoms with van der Waals surface area (Å²) in [5, 5.41) is 9.73. The van der Waals surface area contributed by atoms with Gasteiger partial charge in [0.2, 0.25) is 0 Å². The number of ether oxygens (including phenoxy) is 4. The fourth-order valence-corrected chi connectivity index (χ4v) is 9.07.